The summed E-state index contributed by atoms with van der Waals surface area (Å²) in [7, 11) is 0. The summed E-state index contributed by atoms with van der Waals surface area (Å²) >= 11 is 0. The molecule has 1 heterocycles. The van der Waals surface area contributed by atoms with E-state index in [1.165, 1.54) is 10.8 Å². The number of rotatable bonds is 7. The first-order chi connectivity index (χ1) is 14.5. The lowest BCUT2D eigenvalue weighted by molar-refractivity contribution is -0.122. The molecule has 1 N–H and O–H groups in total. The van der Waals surface area contributed by atoms with E-state index < -0.39 is 23.7 Å². The molecule has 0 saturated heterocycles. The first-order valence-electron chi connectivity index (χ1n) is 9.66. The summed E-state index contributed by atoms with van der Waals surface area (Å²) in [6, 6.07) is 20.7. The second-order valence-corrected chi connectivity index (χ2v) is 6.83. The molecule has 1 aromatic heterocycles. The molecule has 0 saturated carbocycles. The molecule has 0 spiro atoms. The number of nitrogens with one attached hydrogen (secondary N) is 1. The Morgan fingerprint density at radius 3 is 2.30 bits per heavy atom. The number of aryl methyl sites for hydroxylation is 1. The van der Waals surface area contributed by atoms with Crippen molar-refractivity contribution < 1.29 is 4.79 Å². The largest absolute Gasteiger partial charge is 0.347 e. The van der Waals surface area contributed by atoms with Crippen LogP contribution in [0.3, 0.4) is 0 Å². The number of nitrogens with zero attached hydrogens (tertiary/aromatic N) is 3. The van der Waals surface area contributed by atoms with Crippen LogP contribution in [0.1, 0.15) is 29.7 Å². The minimum Gasteiger partial charge on any atom is -0.347 e. The van der Waals surface area contributed by atoms with Crippen molar-refractivity contribution in [1.82, 2.24) is 14.5 Å². The minimum absolute atomic E-state index is 0.173. The van der Waals surface area contributed by atoms with Gasteiger partial charge in [0.1, 0.15) is 18.2 Å². The van der Waals surface area contributed by atoms with Crippen LogP contribution in [-0.4, -0.2) is 15.0 Å². The molecule has 1 atom stereocenters. The SMILES string of the molecule is CCn1cc(C#N)c(=O)n(CC(=O)NC(Cc2ccccc2)c2ccccc2)c1=O. The number of nitriles is 1. The Hall–Kier alpha value is -3.92. The van der Waals surface area contributed by atoms with E-state index in [-0.39, 0.29) is 18.2 Å². The van der Waals surface area contributed by atoms with Crippen molar-refractivity contribution in [1.29, 1.82) is 5.26 Å². The van der Waals surface area contributed by atoms with E-state index >= 15 is 0 Å². The normalized spacial score (nSPS) is 11.5. The molecule has 1 amide bonds. The van der Waals surface area contributed by atoms with Crippen LogP contribution < -0.4 is 16.6 Å². The molecule has 7 heteroatoms. The Kier molecular flexibility index (Phi) is 6.60. The highest BCUT2D eigenvalue weighted by Crippen LogP contribution is 2.18. The lowest BCUT2D eigenvalue weighted by atomic mass is 9.99. The van der Waals surface area contributed by atoms with Gasteiger partial charge in [0.05, 0.1) is 6.04 Å². The number of carbonyl (C=O) groups excluding carboxylic acids is 1. The average molecular weight is 402 g/mol. The first kappa shape index (κ1) is 20.8. The fourth-order valence-corrected chi connectivity index (χ4v) is 3.27. The number of benzene rings is 2. The molecule has 30 heavy (non-hydrogen) atoms. The zero-order valence-corrected chi connectivity index (χ0v) is 16.6. The minimum atomic E-state index is -0.762. The Morgan fingerprint density at radius 2 is 1.70 bits per heavy atom. The summed E-state index contributed by atoms with van der Waals surface area (Å²) in [6.07, 6.45) is 1.78. The van der Waals surface area contributed by atoms with E-state index in [1.807, 2.05) is 60.7 Å². The van der Waals surface area contributed by atoms with Crippen molar-refractivity contribution in [2.75, 3.05) is 0 Å². The number of carbonyl (C=O) groups is 1. The van der Waals surface area contributed by atoms with Gasteiger partial charge in [-0.05, 0) is 24.5 Å². The van der Waals surface area contributed by atoms with Gasteiger partial charge in [-0.3, -0.25) is 14.2 Å². The third-order valence-corrected chi connectivity index (χ3v) is 4.82. The van der Waals surface area contributed by atoms with Crippen LogP contribution in [0.2, 0.25) is 0 Å². The highest BCUT2D eigenvalue weighted by molar-refractivity contribution is 5.76. The van der Waals surface area contributed by atoms with E-state index in [0.717, 1.165) is 15.7 Å². The van der Waals surface area contributed by atoms with Gasteiger partial charge in [0, 0.05) is 12.7 Å². The summed E-state index contributed by atoms with van der Waals surface area (Å²) in [5.41, 5.74) is 0.410. The molecular formula is C23H22N4O3. The molecule has 2 aromatic carbocycles. The fraction of sp³-hybridized carbons (Fsp3) is 0.217. The van der Waals surface area contributed by atoms with Crippen molar-refractivity contribution in [2.24, 2.45) is 0 Å². The van der Waals surface area contributed by atoms with Gasteiger partial charge in [-0.1, -0.05) is 60.7 Å². The first-order valence-corrected chi connectivity index (χ1v) is 9.66. The van der Waals surface area contributed by atoms with Crippen molar-refractivity contribution in [3.8, 4) is 6.07 Å². The molecule has 0 aliphatic carbocycles. The summed E-state index contributed by atoms with van der Waals surface area (Å²) in [5, 5.41) is 12.1. The van der Waals surface area contributed by atoms with E-state index in [2.05, 4.69) is 5.32 Å². The third kappa shape index (κ3) is 4.73. The maximum absolute atomic E-state index is 12.8. The molecule has 0 fully saturated rings. The maximum Gasteiger partial charge on any atom is 0.331 e. The second kappa shape index (κ2) is 9.52. The van der Waals surface area contributed by atoms with Crippen LogP contribution in [0.4, 0.5) is 0 Å². The molecule has 0 aliphatic rings. The van der Waals surface area contributed by atoms with Crippen molar-refractivity contribution in [2.45, 2.75) is 32.5 Å². The molecule has 3 aromatic rings. The van der Waals surface area contributed by atoms with Crippen LogP contribution in [0.15, 0.2) is 76.4 Å². The Morgan fingerprint density at radius 1 is 1.07 bits per heavy atom. The molecule has 152 valence electrons. The predicted octanol–water partition coefficient (Wildman–Crippen LogP) is 2.00. The summed E-state index contributed by atoms with van der Waals surface area (Å²) in [4.78, 5) is 37.7. The van der Waals surface area contributed by atoms with Crippen LogP contribution in [0.5, 0.6) is 0 Å². The van der Waals surface area contributed by atoms with Crippen LogP contribution >= 0.6 is 0 Å². The van der Waals surface area contributed by atoms with Crippen LogP contribution in [0.25, 0.3) is 0 Å². The zero-order valence-electron chi connectivity index (χ0n) is 16.6. The number of amides is 1. The van der Waals surface area contributed by atoms with Gasteiger partial charge < -0.3 is 5.32 Å². The van der Waals surface area contributed by atoms with Gasteiger partial charge in [0.15, 0.2) is 0 Å². The Bertz CT molecular complexity index is 1180. The van der Waals surface area contributed by atoms with Gasteiger partial charge in [-0.25, -0.2) is 9.36 Å². The molecule has 3 rings (SSSR count). The smallest absolute Gasteiger partial charge is 0.331 e. The quantitative estimate of drug-likeness (QED) is 0.654. The van der Waals surface area contributed by atoms with Gasteiger partial charge in [-0.2, -0.15) is 5.26 Å². The van der Waals surface area contributed by atoms with E-state index in [4.69, 9.17) is 5.26 Å². The van der Waals surface area contributed by atoms with Gasteiger partial charge in [-0.15, -0.1) is 0 Å². The Balaban J connectivity index is 1.88. The number of hydrogen-bond acceptors (Lipinski definition) is 4. The number of aromatic nitrogens is 2. The monoisotopic (exact) mass is 402 g/mol. The standard InChI is InChI=1S/C23H22N4O3/c1-2-26-15-19(14-24)22(29)27(23(26)30)16-21(28)25-20(18-11-7-4-8-12-18)13-17-9-5-3-6-10-17/h3-12,15,20H,2,13,16H2,1H3,(H,25,28). The highest BCUT2D eigenvalue weighted by atomic mass is 16.2. The summed E-state index contributed by atoms with van der Waals surface area (Å²) in [5.74, 6) is -0.475. The fourth-order valence-electron chi connectivity index (χ4n) is 3.27. The number of hydrogen-bond donors (Lipinski definition) is 1. The molecule has 0 radical (unpaired) electrons. The molecule has 7 nitrogen and oxygen atoms in total. The topological polar surface area (TPSA) is 96.9 Å². The van der Waals surface area contributed by atoms with Gasteiger partial charge >= 0.3 is 5.69 Å². The third-order valence-electron chi connectivity index (χ3n) is 4.82. The lowest BCUT2D eigenvalue weighted by Gasteiger charge is -2.20. The lowest BCUT2D eigenvalue weighted by Crippen LogP contribution is -2.45. The van der Waals surface area contributed by atoms with Crippen molar-refractivity contribution in [3.05, 3.63) is 104 Å². The Labute approximate surface area is 173 Å². The average Bonchev–Trinajstić information content (AvgIpc) is 2.78. The van der Waals surface area contributed by atoms with Crippen molar-refractivity contribution in [3.63, 3.8) is 0 Å². The van der Waals surface area contributed by atoms with Gasteiger partial charge in [0.2, 0.25) is 5.91 Å². The van der Waals surface area contributed by atoms with Crippen molar-refractivity contribution >= 4 is 5.91 Å². The summed E-state index contributed by atoms with van der Waals surface area (Å²) < 4.78 is 2.05. The van der Waals surface area contributed by atoms with Crippen LogP contribution in [-0.2, 0) is 24.3 Å². The molecule has 0 aliphatic heterocycles. The summed E-state index contributed by atoms with van der Waals surface area (Å²) in [6.45, 7) is 1.56. The zero-order chi connectivity index (χ0) is 21.5. The van der Waals surface area contributed by atoms with E-state index in [9.17, 15) is 14.4 Å². The van der Waals surface area contributed by atoms with Gasteiger partial charge in [0.25, 0.3) is 5.56 Å². The predicted molar refractivity (Wildman–Crippen MR) is 113 cm³/mol. The molecule has 0 bridgehead atoms. The van der Waals surface area contributed by atoms with E-state index in [1.54, 1.807) is 13.0 Å². The highest BCUT2D eigenvalue weighted by Gasteiger charge is 2.18. The molecular weight excluding hydrogens is 380 g/mol. The van der Waals surface area contributed by atoms with E-state index in [0.29, 0.717) is 6.42 Å². The maximum atomic E-state index is 12.8. The molecule has 1 unspecified atom stereocenters. The van der Waals surface area contributed by atoms with Crippen LogP contribution in [0, 0.1) is 11.3 Å². The second-order valence-electron chi connectivity index (χ2n) is 6.83.